The molecule has 0 saturated carbocycles. The molecular formula is C24H44N6O. The van der Waals surface area contributed by atoms with Crippen molar-refractivity contribution >= 4 is 5.96 Å². The molecule has 1 aliphatic rings. The molecule has 0 unspecified atom stereocenters. The van der Waals surface area contributed by atoms with Gasteiger partial charge in [0.2, 0.25) is 0 Å². The van der Waals surface area contributed by atoms with Gasteiger partial charge in [0.15, 0.2) is 5.96 Å². The average molecular weight is 433 g/mol. The van der Waals surface area contributed by atoms with Gasteiger partial charge in [-0.15, -0.1) is 0 Å². The Balaban J connectivity index is 1.74. The SMILES string of the molecule is CCNC(=NCc1ccc(CN2CCN(CC)CC2)cc1)NCCN(C)CCCOC. The molecule has 0 aromatic heterocycles. The van der Waals surface area contributed by atoms with Gasteiger partial charge >= 0.3 is 0 Å². The van der Waals surface area contributed by atoms with E-state index in [1.54, 1.807) is 7.11 Å². The Bertz CT molecular complexity index is 613. The highest BCUT2D eigenvalue weighted by Crippen LogP contribution is 2.11. The minimum atomic E-state index is 0.689. The van der Waals surface area contributed by atoms with Crippen LogP contribution in [-0.4, -0.2) is 100 Å². The van der Waals surface area contributed by atoms with Crippen molar-refractivity contribution in [2.75, 3.05) is 79.7 Å². The van der Waals surface area contributed by atoms with Crippen molar-refractivity contribution in [2.45, 2.75) is 33.4 Å². The van der Waals surface area contributed by atoms with E-state index in [9.17, 15) is 0 Å². The summed E-state index contributed by atoms with van der Waals surface area (Å²) in [6.07, 6.45) is 1.06. The number of benzene rings is 1. The molecule has 1 heterocycles. The van der Waals surface area contributed by atoms with Gasteiger partial charge in [0.05, 0.1) is 6.54 Å². The topological polar surface area (TPSA) is 55.4 Å². The van der Waals surface area contributed by atoms with Gasteiger partial charge in [-0.25, -0.2) is 4.99 Å². The van der Waals surface area contributed by atoms with Crippen molar-refractivity contribution in [1.82, 2.24) is 25.3 Å². The van der Waals surface area contributed by atoms with Crippen LogP contribution >= 0.6 is 0 Å². The predicted octanol–water partition coefficient (Wildman–Crippen LogP) is 1.85. The van der Waals surface area contributed by atoms with Crippen LogP contribution in [-0.2, 0) is 17.8 Å². The number of hydrogen-bond donors (Lipinski definition) is 2. The van der Waals surface area contributed by atoms with Crippen LogP contribution in [0.3, 0.4) is 0 Å². The van der Waals surface area contributed by atoms with E-state index < -0.39 is 0 Å². The third kappa shape index (κ3) is 10.5. The molecule has 2 rings (SSSR count). The second kappa shape index (κ2) is 15.2. The molecule has 0 radical (unpaired) electrons. The Morgan fingerprint density at radius 1 is 1.00 bits per heavy atom. The zero-order valence-electron chi connectivity index (χ0n) is 20.2. The molecule has 7 nitrogen and oxygen atoms in total. The normalized spacial score (nSPS) is 16.1. The first-order valence-corrected chi connectivity index (χ1v) is 11.9. The van der Waals surface area contributed by atoms with E-state index in [1.807, 2.05) is 0 Å². The fraction of sp³-hybridized carbons (Fsp3) is 0.708. The van der Waals surface area contributed by atoms with Gasteiger partial charge in [-0.3, -0.25) is 4.90 Å². The van der Waals surface area contributed by atoms with E-state index in [-0.39, 0.29) is 0 Å². The summed E-state index contributed by atoms with van der Waals surface area (Å²) in [5.74, 6) is 0.880. The maximum atomic E-state index is 5.12. The van der Waals surface area contributed by atoms with Gasteiger partial charge in [0.1, 0.15) is 0 Å². The molecule has 0 aliphatic carbocycles. The molecule has 1 aliphatic heterocycles. The van der Waals surface area contributed by atoms with Crippen LogP contribution in [0.1, 0.15) is 31.4 Å². The second-order valence-corrected chi connectivity index (χ2v) is 8.30. The van der Waals surface area contributed by atoms with E-state index in [0.717, 1.165) is 58.3 Å². The van der Waals surface area contributed by atoms with Crippen molar-refractivity contribution in [1.29, 1.82) is 0 Å². The second-order valence-electron chi connectivity index (χ2n) is 8.30. The number of piperazine rings is 1. The maximum absolute atomic E-state index is 5.12. The summed E-state index contributed by atoms with van der Waals surface area (Å²) in [7, 11) is 3.90. The summed E-state index contributed by atoms with van der Waals surface area (Å²) in [5.41, 5.74) is 2.63. The zero-order chi connectivity index (χ0) is 22.3. The Hall–Kier alpha value is -1.67. The average Bonchev–Trinajstić information content (AvgIpc) is 2.79. The summed E-state index contributed by atoms with van der Waals surface area (Å²) < 4.78 is 5.12. The highest BCUT2D eigenvalue weighted by molar-refractivity contribution is 5.79. The standard InChI is InChI=1S/C24H44N6O/c1-5-25-24(26-12-14-28(3)13-7-19-31-4)27-20-22-8-10-23(11-9-22)21-30-17-15-29(6-2)16-18-30/h8-11H,5-7,12-21H2,1-4H3,(H2,25,26,27). The molecule has 1 saturated heterocycles. The van der Waals surface area contributed by atoms with Gasteiger partial charge in [-0.1, -0.05) is 31.2 Å². The Morgan fingerprint density at radius 3 is 2.32 bits per heavy atom. The molecule has 7 heteroatoms. The molecule has 0 spiro atoms. The molecule has 1 fully saturated rings. The van der Waals surface area contributed by atoms with E-state index in [4.69, 9.17) is 9.73 Å². The highest BCUT2D eigenvalue weighted by Gasteiger charge is 2.15. The number of methoxy groups -OCH3 is 1. The lowest BCUT2D eigenvalue weighted by atomic mass is 10.1. The van der Waals surface area contributed by atoms with Crippen molar-refractivity contribution in [3.8, 4) is 0 Å². The lowest BCUT2D eigenvalue weighted by molar-refractivity contribution is 0.132. The molecule has 2 N–H and O–H groups in total. The van der Waals surface area contributed by atoms with E-state index in [1.165, 1.54) is 37.3 Å². The summed E-state index contributed by atoms with van der Waals surface area (Å²) in [6, 6.07) is 8.95. The fourth-order valence-corrected chi connectivity index (χ4v) is 3.74. The Labute approximate surface area is 189 Å². The lowest BCUT2D eigenvalue weighted by Crippen LogP contribution is -2.45. The monoisotopic (exact) mass is 432 g/mol. The molecule has 1 aromatic carbocycles. The Morgan fingerprint density at radius 2 is 1.68 bits per heavy atom. The van der Waals surface area contributed by atoms with Crippen LogP contribution in [0, 0.1) is 0 Å². The van der Waals surface area contributed by atoms with Crippen molar-refractivity contribution in [3.63, 3.8) is 0 Å². The predicted molar refractivity (Wildman–Crippen MR) is 131 cm³/mol. The number of likely N-dealkylation sites (N-methyl/N-ethyl adjacent to an activating group) is 2. The molecule has 0 atom stereocenters. The first-order chi connectivity index (χ1) is 15.1. The van der Waals surface area contributed by atoms with Crippen molar-refractivity contribution in [2.24, 2.45) is 4.99 Å². The first-order valence-electron chi connectivity index (χ1n) is 11.9. The van der Waals surface area contributed by atoms with Gasteiger partial charge in [-0.2, -0.15) is 0 Å². The lowest BCUT2D eigenvalue weighted by Gasteiger charge is -2.34. The summed E-state index contributed by atoms with van der Waals surface area (Å²) in [5, 5.41) is 6.78. The van der Waals surface area contributed by atoms with Crippen molar-refractivity contribution < 1.29 is 4.74 Å². The maximum Gasteiger partial charge on any atom is 0.191 e. The van der Waals surface area contributed by atoms with E-state index >= 15 is 0 Å². The number of nitrogens with zero attached hydrogens (tertiary/aromatic N) is 4. The fourth-order valence-electron chi connectivity index (χ4n) is 3.74. The van der Waals surface area contributed by atoms with Gasteiger partial charge in [0, 0.05) is 72.6 Å². The summed E-state index contributed by atoms with van der Waals surface area (Å²) >= 11 is 0. The van der Waals surface area contributed by atoms with Gasteiger partial charge in [0.25, 0.3) is 0 Å². The van der Waals surface area contributed by atoms with Gasteiger partial charge < -0.3 is 25.2 Å². The molecule has 1 aromatic rings. The smallest absolute Gasteiger partial charge is 0.191 e. The number of guanidine groups is 1. The number of nitrogens with one attached hydrogen (secondary N) is 2. The quantitative estimate of drug-likeness (QED) is 0.282. The number of hydrogen-bond acceptors (Lipinski definition) is 5. The molecule has 0 amide bonds. The van der Waals surface area contributed by atoms with Crippen LogP contribution in [0.2, 0.25) is 0 Å². The molecule has 31 heavy (non-hydrogen) atoms. The van der Waals surface area contributed by atoms with E-state index in [0.29, 0.717) is 6.54 Å². The Kier molecular flexibility index (Phi) is 12.5. The minimum absolute atomic E-state index is 0.689. The number of aliphatic imine (C=N–C) groups is 1. The zero-order valence-corrected chi connectivity index (χ0v) is 20.2. The number of ether oxygens (including phenoxy) is 1. The molecule has 0 bridgehead atoms. The summed E-state index contributed by atoms with van der Waals surface area (Å²) in [4.78, 5) is 12.2. The van der Waals surface area contributed by atoms with Gasteiger partial charge in [-0.05, 0) is 38.1 Å². The molecule has 176 valence electrons. The summed E-state index contributed by atoms with van der Waals surface area (Å²) in [6.45, 7) is 16.5. The van der Waals surface area contributed by atoms with Crippen LogP contribution < -0.4 is 10.6 Å². The largest absolute Gasteiger partial charge is 0.385 e. The third-order valence-electron chi connectivity index (χ3n) is 5.78. The van der Waals surface area contributed by atoms with Crippen molar-refractivity contribution in [3.05, 3.63) is 35.4 Å². The first kappa shape index (κ1) is 25.6. The van der Waals surface area contributed by atoms with E-state index in [2.05, 4.69) is 70.5 Å². The molecular weight excluding hydrogens is 388 g/mol. The van der Waals surface area contributed by atoms with Crippen LogP contribution in [0.5, 0.6) is 0 Å². The van der Waals surface area contributed by atoms with Crippen LogP contribution in [0.25, 0.3) is 0 Å². The van der Waals surface area contributed by atoms with Crippen LogP contribution in [0.15, 0.2) is 29.3 Å². The number of rotatable bonds is 13. The minimum Gasteiger partial charge on any atom is -0.385 e. The third-order valence-corrected chi connectivity index (χ3v) is 5.78. The highest BCUT2D eigenvalue weighted by atomic mass is 16.5. The van der Waals surface area contributed by atoms with Crippen LogP contribution in [0.4, 0.5) is 0 Å².